The molecule has 0 bridgehead atoms. The molecule has 0 saturated carbocycles. The first-order chi connectivity index (χ1) is 15.9. The van der Waals surface area contributed by atoms with Crippen LogP contribution in [0.5, 0.6) is 0 Å². The van der Waals surface area contributed by atoms with Gasteiger partial charge < -0.3 is 34.4 Å². The number of aliphatic hydroxyl groups is 1. The van der Waals surface area contributed by atoms with Gasteiger partial charge in [0.1, 0.15) is 16.8 Å². The summed E-state index contributed by atoms with van der Waals surface area (Å²) in [5.74, 6) is 0. The summed E-state index contributed by atoms with van der Waals surface area (Å²) < 4.78 is 16.3. The van der Waals surface area contributed by atoms with Gasteiger partial charge in [-0.2, -0.15) is 0 Å². The van der Waals surface area contributed by atoms with E-state index in [-0.39, 0.29) is 6.61 Å². The van der Waals surface area contributed by atoms with E-state index in [1.165, 1.54) is 0 Å². The normalized spacial score (nSPS) is 12.1. The molecule has 2 N–H and O–H groups in total. The molecule has 0 radical (unpaired) electrons. The number of nitrogens with one attached hydrogen (secondary N) is 1. The molecule has 0 saturated heterocycles. The molecule has 35 heavy (non-hydrogen) atoms. The SMILES string of the molecule is CC(C)(C)OC(=O)NCCCN(CCCN(CCCCO)C(=O)OC(C)(C)C)C(=O)OC(C)(C)C. The Morgan fingerprint density at radius 2 is 1.03 bits per heavy atom. The lowest BCUT2D eigenvalue weighted by atomic mass is 10.2. The minimum atomic E-state index is -0.642. The zero-order valence-corrected chi connectivity index (χ0v) is 23.4. The van der Waals surface area contributed by atoms with E-state index in [0.717, 1.165) is 0 Å². The molecule has 10 heteroatoms. The Bertz CT molecular complexity index is 649. The van der Waals surface area contributed by atoms with Crippen LogP contribution in [0.3, 0.4) is 0 Å². The number of unbranched alkanes of at least 4 members (excludes halogenated alkanes) is 1. The molecule has 0 unspecified atom stereocenters. The average Bonchev–Trinajstić information content (AvgIpc) is 2.64. The number of amides is 3. The van der Waals surface area contributed by atoms with E-state index < -0.39 is 35.1 Å². The van der Waals surface area contributed by atoms with E-state index >= 15 is 0 Å². The Kier molecular flexibility index (Phi) is 14.1. The summed E-state index contributed by atoms with van der Waals surface area (Å²) in [7, 11) is 0. The number of alkyl carbamates (subject to hydrolysis) is 1. The molecule has 0 aliphatic heterocycles. The predicted molar refractivity (Wildman–Crippen MR) is 135 cm³/mol. The van der Waals surface area contributed by atoms with Crippen LogP contribution in [-0.4, -0.2) is 89.3 Å². The van der Waals surface area contributed by atoms with Crippen molar-refractivity contribution in [2.24, 2.45) is 0 Å². The topological polar surface area (TPSA) is 118 Å². The second-order valence-electron chi connectivity index (χ2n) is 11.5. The summed E-state index contributed by atoms with van der Waals surface area (Å²) in [6.07, 6.45) is 0.925. The van der Waals surface area contributed by atoms with Crippen LogP contribution in [0.1, 0.15) is 88.0 Å². The number of rotatable bonds is 12. The average molecular weight is 504 g/mol. The van der Waals surface area contributed by atoms with E-state index in [9.17, 15) is 14.4 Å². The van der Waals surface area contributed by atoms with Crippen molar-refractivity contribution >= 4 is 18.3 Å². The van der Waals surface area contributed by atoms with Gasteiger partial charge in [-0.1, -0.05) is 0 Å². The highest BCUT2D eigenvalue weighted by Crippen LogP contribution is 2.13. The molecule has 0 fully saturated rings. The van der Waals surface area contributed by atoms with Crippen LogP contribution in [0.2, 0.25) is 0 Å². The quantitative estimate of drug-likeness (QED) is 0.297. The first-order valence-electron chi connectivity index (χ1n) is 12.5. The number of aliphatic hydroxyl groups excluding tert-OH is 1. The standard InChI is InChI=1S/C25H49N3O7/c1-23(2,3)33-20(30)26-14-12-16-28(22(32)35-25(7,8)9)18-13-17-27(15-10-11-19-29)21(31)34-24(4,5)6/h29H,10-19H2,1-9H3,(H,26,30). The van der Waals surface area contributed by atoms with Crippen molar-refractivity contribution in [2.75, 3.05) is 39.3 Å². The molecule has 0 rings (SSSR count). The van der Waals surface area contributed by atoms with Crippen molar-refractivity contribution in [1.29, 1.82) is 0 Å². The van der Waals surface area contributed by atoms with Crippen LogP contribution < -0.4 is 5.32 Å². The molecule has 206 valence electrons. The molecule has 0 aromatic heterocycles. The van der Waals surface area contributed by atoms with E-state index in [1.54, 1.807) is 51.3 Å². The maximum Gasteiger partial charge on any atom is 0.410 e. The number of nitrogens with zero attached hydrogens (tertiary/aromatic N) is 2. The van der Waals surface area contributed by atoms with Crippen molar-refractivity contribution in [1.82, 2.24) is 15.1 Å². The Morgan fingerprint density at radius 3 is 1.43 bits per heavy atom. The van der Waals surface area contributed by atoms with Crippen LogP contribution in [0, 0.1) is 0 Å². The van der Waals surface area contributed by atoms with Gasteiger partial charge in [-0.25, -0.2) is 14.4 Å². The number of hydrogen-bond acceptors (Lipinski definition) is 7. The third-order valence-corrected chi connectivity index (χ3v) is 4.27. The first-order valence-corrected chi connectivity index (χ1v) is 12.5. The van der Waals surface area contributed by atoms with Crippen molar-refractivity contribution in [3.05, 3.63) is 0 Å². The van der Waals surface area contributed by atoms with E-state index in [2.05, 4.69) is 5.32 Å². The molecular weight excluding hydrogens is 454 g/mol. The third kappa shape index (κ3) is 18.7. The highest BCUT2D eigenvalue weighted by atomic mass is 16.6. The molecule has 0 heterocycles. The van der Waals surface area contributed by atoms with Crippen molar-refractivity contribution in [3.63, 3.8) is 0 Å². The molecule has 10 nitrogen and oxygen atoms in total. The summed E-state index contributed by atoms with van der Waals surface area (Å²) in [4.78, 5) is 40.4. The second-order valence-corrected chi connectivity index (χ2v) is 11.5. The predicted octanol–water partition coefficient (Wildman–Crippen LogP) is 4.54. The maximum atomic E-state index is 12.7. The smallest absolute Gasteiger partial charge is 0.410 e. The Balaban J connectivity index is 4.98. The molecule has 0 aliphatic rings. The zero-order valence-electron chi connectivity index (χ0n) is 23.4. The number of hydrogen-bond donors (Lipinski definition) is 2. The van der Waals surface area contributed by atoms with Crippen LogP contribution in [0.15, 0.2) is 0 Å². The van der Waals surface area contributed by atoms with E-state index in [1.807, 2.05) is 20.8 Å². The fraction of sp³-hybridized carbons (Fsp3) is 0.880. The van der Waals surface area contributed by atoms with E-state index in [0.29, 0.717) is 58.4 Å². The zero-order chi connectivity index (χ0) is 27.3. The van der Waals surface area contributed by atoms with Gasteiger partial charge in [0.2, 0.25) is 0 Å². The largest absolute Gasteiger partial charge is 0.444 e. The van der Waals surface area contributed by atoms with Crippen molar-refractivity contribution in [2.45, 2.75) is 105 Å². The summed E-state index contributed by atoms with van der Waals surface area (Å²) in [6, 6.07) is 0. The monoisotopic (exact) mass is 503 g/mol. The van der Waals surface area contributed by atoms with Gasteiger partial charge >= 0.3 is 18.3 Å². The van der Waals surface area contributed by atoms with Crippen LogP contribution >= 0.6 is 0 Å². The molecule has 0 aromatic rings. The maximum absolute atomic E-state index is 12.7. The van der Waals surface area contributed by atoms with Crippen molar-refractivity contribution in [3.8, 4) is 0 Å². The third-order valence-electron chi connectivity index (χ3n) is 4.27. The molecule has 3 amide bonds. The fourth-order valence-electron chi connectivity index (χ4n) is 2.88. The number of ether oxygens (including phenoxy) is 3. The number of carbonyl (C=O) groups is 3. The summed E-state index contributed by atoms with van der Waals surface area (Å²) >= 11 is 0. The Hall–Kier alpha value is -2.23. The molecule has 0 aliphatic carbocycles. The van der Waals surface area contributed by atoms with Gasteiger partial charge in [-0.3, -0.25) is 0 Å². The molecule has 0 aromatic carbocycles. The van der Waals surface area contributed by atoms with Gasteiger partial charge in [0.15, 0.2) is 0 Å². The van der Waals surface area contributed by atoms with Gasteiger partial charge in [-0.05, 0) is 88.0 Å². The first kappa shape index (κ1) is 32.8. The van der Waals surface area contributed by atoms with Gasteiger partial charge in [0.25, 0.3) is 0 Å². The highest BCUT2D eigenvalue weighted by molar-refractivity contribution is 5.69. The Morgan fingerprint density at radius 1 is 0.629 bits per heavy atom. The lowest BCUT2D eigenvalue weighted by Gasteiger charge is -2.30. The van der Waals surface area contributed by atoms with Crippen molar-refractivity contribution < 1.29 is 33.7 Å². The summed E-state index contributed by atoms with van der Waals surface area (Å²) in [6.45, 7) is 18.2. The van der Waals surface area contributed by atoms with Gasteiger partial charge in [0, 0.05) is 39.3 Å². The van der Waals surface area contributed by atoms with E-state index in [4.69, 9.17) is 19.3 Å². The fourth-order valence-corrected chi connectivity index (χ4v) is 2.88. The van der Waals surface area contributed by atoms with Gasteiger partial charge in [0.05, 0.1) is 0 Å². The minimum absolute atomic E-state index is 0.0614. The Labute approximate surface area is 211 Å². The van der Waals surface area contributed by atoms with Crippen LogP contribution in [-0.2, 0) is 14.2 Å². The van der Waals surface area contributed by atoms with Crippen LogP contribution in [0.4, 0.5) is 14.4 Å². The molecule has 0 atom stereocenters. The summed E-state index contributed by atoms with van der Waals surface area (Å²) in [5.41, 5.74) is -1.84. The van der Waals surface area contributed by atoms with Crippen LogP contribution in [0.25, 0.3) is 0 Å². The lowest BCUT2D eigenvalue weighted by Crippen LogP contribution is -2.42. The van der Waals surface area contributed by atoms with Gasteiger partial charge in [-0.15, -0.1) is 0 Å². The molecular formula is C25H49N3O7. The highest BCUT2D eigenvalue weighted by Gasteiger charge is 2.24. The summed E-state index contributed by atoms with van der Waals surface area (Å²) in [5, 5.41) is 11.8. The lowest BCUT2D eigenvalue weighted by molar-refractivity contribution is 0.0201. The minimum Gasteiger partial charge on any atom is -0.444 e. The number of carbonyl (C=O) groups excluding carboxylic acids is 3. The molecule has 0 spiro atoms. The second kappa shape index (κ2) is 15.0.